The number of amides is 2. The van der Waals surface area contributed by atoms with Crippen LogP contribution < -0.4 is 10.1 Å². The van der Waals surface area contributed by atoms with Crippen LogP contribution in [0.2, 0.25) is 0 Å². The number of ether oxygens (including phenoxy) is 1. The number of para-hydroxylation sites is 1. The molecule has 1 aliphatic rings. The van der Waals surface area contributed by atoms with E-state index in [1.807, 2.05) is 49.4 Å². The molecule has 5 heteroatoms. The first-order valence-corrected chi connectivity index (χ1v) is 6.91. The number of hydrogen-bond donors (Lipinski definition) is 1. The second-order valence-corrected chi connectivity index (χ2v) is 5.06. The van der Waals surface area contributed by atoms with Crippen LogP contribution in [-0.2, 0) is 0 Å². The molecule has 3 rings (SSSR count). The molecule has 21 heavy (non-hydrogen) atoms. The number of anilines is 1. The van der Waals surface area contributed by atoms with Crippen LogP contribution >= 0.6 is 0 Å². The third-order valence-electron chi connectivity index (χ3n) is 3.45. The first kappa shape index (κ1) is 13.4. The molecule has 1 aliphatic heterocycles. The number of urea groups is 1. The molecule has 0 radical (unpaired) electrons. The van der Waals surface area contributed by atoms with Gasteiger partial charge < -0.3 is 15.0 Å². The fourth-order valence-electron chi connectivity index (χ4n) is 2.17. The number of pyridine rings is 1. The minimum absolute atomic E-state index is 0.0162. The summed E-state index contributed by atoms with van der Waals surface area (Å²) in [6.07, 6.45) is 1.71. The van der Waals surface area contributed by atoms with E-state index in [1.165, 1.54) is 0 Å². The van der Waals surface area contributed by atoms with Crippen molar-refractivity contribution in [3.63, 3.8) is 0 Å². The maximum atomic E-state index is 12.1. The van der Waals surface area contributed by atoms with Gasteiger partial charge in [-0.2, -0.15) is 0 Å². The predicted molar refractivity (Wildman–Crippen MR) is 80.4 cm³/mol. The average Bonchev–Trinajstić information content (AvgIpc) is 2.46. The van der Waals surface area contributed by atoms with Gasteiger partial charge in [0.15, 0.2) is 0 Å². The van der Waals surface area contributed by atoms with Crippen LogP contribution in [0.5, 0.6) is 5.88 Å². The Bertz CT molecular complexity index is 624. The Morgan fingerprint density at radius 1 is 1.24 bits per heavy atom. The molecule has 1 fully saturated rings. The van der Waals surface area contributed by atoms with E-state index in [-0.39, 0.29) is 12.1 Å². The molecule has 1 aromatic heterocycles. The van der Waals surface area contributed by atoms with Gasteiger partial charge in [0.25, 0.3) is 0 Å². The van der Waals surface area contributed by atoms with Crippen molar-refractivity contribution in [3.05, 3.63) is 54.2 Å². The molecule has 0 saturated carbocycles. The SMILES string of the molecule is Cc1ccccc1NC(=O)N1CC(Oc2ccccn2)C1. The molecule has 108 valence electrons. The number of likely N-dealkylation sites (tertiary alicyclic amines) is 1. The van der Waals surface area contributed by atoms with Gasteiger partial charge >= 0.3 is 6.03 Å². The molecule has 0 spiro atoms. The van der Waals surface area contributed by atoms with E-state index in [0.29, 0.717) is 19.0 Å². The molecule has 0 bridgehead atoms. The van der Waals surface area contributed by atoms with Crippen molar-refractivity contribution in [1.82, 2.24) is 9.88 Å². The highest BCUT2D eigenvalue weighted by Crippen LogP contribution is 2.18. The predicted octanol–water partition coefficient (Wildman–Crippen LogP) is 2.69. The Kier molecular flexibility index (Phi) is 3.73. The number of rotatable bonds is 3. The van der Waals surface area contributed by atoms with Crippen LogP contribution in [-0.4, -0.2) is 35.1 Å². The lowest BCUT2D eigenvalue weighted by Crippen LogP contribution is -2.57. The van der Waals surface area contributed by atoms with Crippen molar-refractivity contribution in [1.29, 1.82) is 0 Å². The summed E-state index contributed by atoms with van der Waals surface area (Å²) in [4.78, 5) is 17.9. The van der Waals surface area contributed by atoms with Crippen molar-refractivity contribution in [3.8, 4) is 5.88 Å². The summed E-state index contributed by atoms with van der Waals surface area (Å²) in [5.41, 5.74) is 1.89. The van der Waals surface area contributed by atoms with Crippen LogP contribution in [0, 0.1) is 6.92 Å². The molecule has 0 unspecified atom stereocenters. The van der Waals surface area contributed by atoms with Crippen molar-refractivity contribution in [2.24, 2.45) is 0 Å². The lowest BCUT2D eigenvalue weighted by atomic mass is 10.1. The van der Waals surface area contributed by atoms with Crippen LogP contribution in [0.4, 0.5) is 10.5 Å². The lowest BCUT2D eigenvalue weighted by Gasteiger charge is -2.38. The molecule has 1 saturated heterocycles. The standard InChI is InChI=1S/C16H17N3O2/c1-12-6-2-3-7-14(12)18-16(20)19-10-13(11-19)21-15-8-4-5-9-17-15/h2-9,13H,10-11H2,1H3,(H,18,20). The van der Waals surface area contributed by atoms with E-state index in [9.17, 15) is 4.79 Å². The minimum atomic E-state index is -0.0924. The Morgan fingerprint density at radius 2 is 2.00 bits per heavy atom. The van der Waals surface area contributed by atoms with E-state index in [0.717, 1.165) is 11.3 Å². The average molecular weight is 283 g/mol. The molecular formula is C16H17N3O2. The van der Waals surface area contributed by atoms with Crippen molar-refractivity contribution >= 4 is 11.7 Å². The fourth-order valence-corrected chi connectivity index (χ4v) is 2.17. The summed E-state index contributed by atoms with van der Waals surface area (Å²) >= 11 is 0. The van der Waals surface area contributed by atoms with Crippen molar-refractivity contribution < 1.29 is 9.53 Å². The van der Waals surface area contributed by atoms with Gasteiger partial charge in [0, 0.05) is 18.0 Å². The highest BCUT2D eigenvalue weighted by molar-refractivity contribution is 5.90. The van der Waals surface area contributed by atoms with Gasteiger partial charge in [-0.25, -0.2) is 9.78 Å². The quantitative estimate of drug-likeness (QED) is 0.942. The Balaban J connectivity index is 1.50. The van der Waals surface area contributed by atoms with Gasteiger partial charge in [-0.3, -0.25) is 0 Å². The molecule has 0 aliphatic carbocycles. The molecule has 0 atom stereocenters. The number of aromatic nitrogens is 1. The molecule has 2 heterocycles. The van der Waals surface area contributed by atoms with Crippen LogP contribution in [0.3, 0.4) is 0 Å². The van der Waals surface area contributed by atoms with Crippen LogP contribution in [0.15, 0.2) is 48.7 Å². The van der Waals surface area contributed by atoms with E-state index in [2.05, 4.69) is 10.3 Å². The second kappa shape index (κ2) is 5.83. The van der Waals surface area contributed by atoms with E-state index in [4.69, 9.17) is 4.74 Å². The van der Waals surface area contributed by atoms with Crippen LogP contribution in [0.1, 0.15) is 5.56 Å². The smallest absolute Gasteiger partial charge is 0.322 e. The van der Waals surface area contributed by atoms with Crippen molar-refractivity contribution in [2.75, 3.05) is 18.4 Å². The molecule has 2 amide bonds. The topological polar surface area (TPSA) is 54.5 Å². The number of nitrogens with one attached hydrogen (secondary N) is 1. The zero-order valence-corrected chi connectivity index (χ0v) is 11.8. The van der Waals surface area contributed by atoms with Crippen molar-refractivity contribution in [2.45, 2.75) is 13.0 Å². The number of hydrogen-bond acceptors (Lipinski definition) is 3. The van der Waals surface area contributed by atoms with E-state index in [1.54, 1.807) is 11.1 Å². The summed E-state index contributed by atoms with van der Waals surface area (Å²) < 4.78 is 5.67. The Hall–Kier alpha value is -2.56. The number of nitrogens with zero attached hydrogens (tertiary/aromatic N) is 2. The zero-order chi connectivity index (χ0) is 14.7. The van der Waals surface area contributed by atoms with Gasteiger partial charge in [-0.05, 0) is 24.6 Å². The highest BCUT2D eigenvalue weighted by atomic mass is 16.5. The van der Waals surface area contributed by atoms with Gasteiger partial charge in [-0.1, -0.05) is 24.3 Å². The summed E-state index contributed by atoms with van der Waals surface area (Å²) in [7, 11) is 0. The fraction of sp³-hybridized carbons (Fsp3) is 0.250. The Morgan fingerprint density at radius 3 is 2.71 bits per heavy atom. The highest BCUT2D eigenvalue weighted by Gasteiger charge is 2.32. The number of benzene rings is 1. The van der Waals surface area contributed by atoms with E-state index < -0.39 is 0 Å². The second-order valence-electron chi connectivity index (χ2n) is 5.06. The summed E-state index contributed by atoms with van der Waals surface area (Å²) in [5.74, 6) is 0.599. The largest absolute Gasteiger partial charge is 0.471 e. The molecular weight excluding hydrogens is 266 g/mol. The molecule has 1 N–H and O–H groups in total. The normalized spacial score (nSPS) is 14.4. The van der Waals surface area contributed by atoms with Gasteiger partial charge in [-0.15, -0.1) is 0 Å². The van der Waals surface area contributed by atoms with E-state index >= 15 is 0 Å². The molecule has 1 aromatic carbocycles. The monoisotopic (exact) mass is 283 g/mol. The lowest BCUT2D eigenvalue weighted by molar-refractivity contribution is 0.0461. The minimum Gasteiger partial charge on any atom is -0.471 e. The zero-order valence-electron chi connectivity index (χ0n) is 11.8. The van der Waals surface area contributed by atoms with Gasteiger partial charge in [0.05, 0.1) is 13.1 Å². The molecule has 5 nitrogen and oxygen atoms in total. The third-order valence-corrected chi connectivity index (χ3v) is 3.45. The summed E-state index contributed by atoms with van der Waals surface area (Å²) in [5, 5.41) is 2.91. The maximum Gasteiger partial charge on any atom is 0.322 e. The van der Waals surface area contributed by atoms with Gasteiger partial charge in [0.1, 0.15) is 6.10 Å². The Labute approximate surface area is 123 Å². The summed E-state index contributed by atoms with van der Waals surface area (Å²) in [6.45, 7) is 3.13. The number of carbonyl (C=O) groups is 1. The number of aryl methyl sites for hydroxylation is 1. The third kappa shape index (κ3) is 3.13. The summed E-state index contributed by atoms with van der Waals surface area (Å²) in [6, 6.07) is 13.2. The number of carbonyl (C=O) groups excluding carboxylic acids is 1. The first-order valence-electron chi connectivity index (χ1n) is 6.91. The maximum absolute atomic E-state index is 12.1. The molecule has 2 aromatic rings. The first-order chi connectivity index (χ1) is 10.2. The van der Waals surface area contributed by atoms with Gasteiger partial charge in [0.2, 0.25) is 5.88 Å². The van der Waals surface area contributed by atoms with Crippen LogP contribution in [0.25, 0.3) is 0 Å².